The number of nitrogens with zero attached hydrogens (tertiary/aromatic N) is 2. The van der Waals surface area contributed by atoms with Crippen molar-refractivity contribution in [2.24, 2.45) is 0 Å². The number of benzene rings is 2. The first kappa shape index (κ1) is 19.7. The van der Waals surface area contributed by atoms with E-state index in [4.69, 9.17) is 4.74 Å². The summed E-state index contributed by atoms with van der Waals surface area (Å²) in [6.07, 6.45) is 5.24. The fourth-order valence-corrected chi connectivity index (χ4v) is 3.76. The highest BCUT2D eigenvalue weighted by atomic mass is 16.5. The summed E-state index contributed by atoms with van der Waals surface area (Å²) in [5, 5.41) is 5.29. The van der Waals surface area contributed by atoms with Crippen molar-refractivity contribution in [2.75, 3.05) is 13.7 Å². The molecule has 2 heterocycles. The Bertz CT molecular complexity index is 1240. The van der Waals surface area contributed by atoms with Crippen molar-refractivity contribution in [1.82, 2.24) is 14.9 Å². The van der Waals surface area contributed by atoms with E-state index in [1.807, 2.05) is 68.6 Å². The fraction of sp³-hybridized carbons (Fsp3) is 0.200. The highest BCUT2D eigenvalue weighted by Crippen LogP contribution is 2.32. The highest BCUT2D eigenvalue weighted by molar-refractivity contribution is 6.09. The molecule has 30 heavy (non-hydrogen) atoms. The van der Waals surface area contributed by atoms with Crippen LogP contribution in [0.25, 0.3) is 27.9 Å². The first-order valence-electron chi connectivity index (χ1n) is 10.0. The summed E-state index contributed by atoms with van der Waals surface area (Å²) in [5.74, 6) is 0.700. The zero-order valence-corrected chi connectivity index (χ0v) is 17.5. The first-order valence-corrected chi connectivity index (χ1v) is 10.0. The molecule has 5 heteroatoms. The molecule has 152 valence electrons. The van der Waals surface area contributed by atoms with E-state index >= 15 is 0 Å². The normalized spacial score (nSPS) is 11.4. The van der Waals surface area contributed by atoms with Crippen LogP contribution < -0.4 is 10.1 Å². The van der Waals surface area contributed by atoms with Crippen molar-refractivity contribution in [2.45, 2.75) is 20.4 Å². The minimum atomic E-state index is -0.108. The Morgan fingerprint density at radius 1 is 1.10 bits per heavy atom. The molecule has 4 rings (SSSR count). The molecule has 1 N–H and O–H groups in total. The van der Waals surface area contributed by atoms with Gasteiger partial charge in [0.05, 0.1) is 23.8 Å². The molecule has 0 aliphatic rings. The van der Waals surface area contributed by atoms with Crippen LogP contribution in [0.4, 0.5) is 0 Å². The summed E-state index contributed by atoms with van der Waals surface area (Å²) in [7, 11) is 1.67. The second kappa shape index (κ2) is 8.41. The van der Waals surface area contributed by atoms with E-state index in [0.717, 1.165) is 38.8 Å². The van der Waals surface area contributed by atoms with E-state index in [9.17, 15) is 4.79 Å². The molecule has 0 atom stereocenters. The summed E-state index contributed by atoms with van der Waals surface area (Å²) in [6, 6.07) is 16.2. The third-order valence-electron chi connectivity index (χ3n) is 5.30. The van der Waals surface area contributed by atoms with Gasteiger partial charge in [-0.3, -0.25) is 9.78 Å². The lowest BCUT2D eigenvalue weighted by Gasteiger charge is -2.10. The Morgan fingerprint density at radius 3 is 2.67 bits per heavy atom. The standard InChI is InChI=1S/C25H25N3O2/c1-17-4-6-19(7-5-17)8-11-24(29)27-14-15-28-23-16-20(30-3)9-10-21(23)22-12-13-26-18(2)25(22)28/h4-13,16H,14-15H2,1-3H3,(H,27,29)/b11-8+. The van der Waals surface area contributed by atoms with Crippen LogP contribution >= 0.6 is 0 Å². The topological polar surface area (TPSA) is 56.1 Å². The summed E-state index contributed by atoms with van der Waals surface area (Å²) in [4.78, 5) is 16.7. The second-order valence-electron chi connectivity index (χ2n) is 7.36. The zero-order chi connectivity index (χ0) is 21.1. The smallest absolute Gasteiger partial charge is 0.244 e. The summed E-state index contributed by atoms with van der Waals surface area (Å²) < 4.78 is 7.63. The molecule has 0 bridgehead atoms. The van der Waals surface area contributed by atoms with Gasteiger partial charge in [-0.1, -0.05) is 29.8 Å². The number of amides is 1. The van der Waals surface area contributed by atoms with Gasteiger partial charge in [0.15, 0.2) is 0 Å². The molecule has 5 nitrogen and oxygen atoms in total. The van der Waals surface area contributed by atoms with Gasteiger partial charge in [0.25, 0.3) is 0 Å². The Labute approximate surface area is 176 Å². The van der Waals surface area contributed by atoms with Crippen LogP contribution in [0.5, 0.6) is 5.75 Å². The summed E-state index contributed by atoms with van der Waals surface area (Å²) >= 11 is 0. The minimum absolute atomic E-state index is 0.108. The molecule has 0 radical (unpaired) electrons. The van der Waals surface area contributed by atoms with Crippen LogP contribution in [0.2, 0.25) is 0 Å². The van der Waals surface area contributed by atoms with Crippen LogP contribution in [-0.4, -0.2) is 29.1 Å². The lowest BCUT2D eigenvalue weighted by atomic mass is 10.1. The van der Waals surface area contributed by atoms with Gasteiger partial charge in [0.1, 0.15) is 5.75 Å². The van der Waals surface area contributed by atoms with Crippen LogP contribution in [0.3, 0.4) is 0 Å². The van der Waals surface area contributed by atoms with Crippen LogP contribution in [0.1, 0.15) is 16.8 Å². The average molecular weight is 399 g/mol. The number of hydrogen-bond acceptors (Lipinski definition) is 3. The van der Waals surface area contributed by atoms with Crippen LogP contribution in [-0.2, 0) is 11.3 Å². The molecule has 1 amide bonds. The highest BCUT2D eigenvalue weighted by Gasteiger charge is 2.13. The Morgan fingerprint density at radius 2 is 1.90 bits per heavy atom. The molecule has 0 spiro atoms. The molecule has 0 aliphatic heterocycles. The number of hydrogen-bond donors (Lipinski definition) is 1. The number of fused-ring (bicyclic) bond motifs is 3. The molecule has 0 saturated carbocycles. The van der Waals surface area contributed by atoms with Crippen molar-refractivity contribution in [3.63, 3.8) is 0 Å². The van der Waals surface area contributed by atoms with Gasteiger partial charge < -0.3 is 14.6 Å². The molecular weight excluding hydrogens is 374 g/mol. The second-order valence-corrected chi connectivity index (χ2v) is 7.36. The van der Waals surface area contributed by atoms with Gasteiger partial charge in [0, 0.05) is 42.2 Å². The zero-order valence-electron chi connectivity index (χ0n) is 17.5. The average Bonchev–Trinajstić information content (AvgIpc) is 3.07. The quantitative estimate of drug-likeness (QED) is 0.481. The van der Waals surface area contributed by atoms with Gasteiger partial charge in [-0.25, -0.2) is 0 Å². The maximum Gasteiger partial charge on any atom is 0.244 e. The van der Waals surface area contributed by atoms with E-state index in [1.54, 1.807) is 13.2 Å². The monoisotopic (exact) mass is 399 g/mol. The van der Waals surface area contributed by atoms with E-state index in [1.165, 1.54) is 5.56 Å². The number of pyridine rings is 1. The van der Waals surface area contributed by atoms with Crippen molar-refractivity contribution in [1.29, 1.82) is 0 Å². The van der Waals surface area contributed by atoms with Gasteiger partial charge in [-0.2, -0.15) is 0 Å². The number of ether oxygens (including phenoxy) is 1. The van der Waals surface area contributed by atoms with Crippen molar-refractivity contribution in [3.8, 4) is 5.75 Å². The van der Waals surface area contributed by atoms with Crippen molar-refractivity contribution < 1.29 is 9.53 Å². The molecule has 0 aliphatic carbocycles. The third kappa shape index (κ3) is 3.92. The van der Waals surface area contributed by atoms with E-state index in [2.05, 4.69) is 20.9 Å². The maximum atomic E-state index is 12.3. The fourth-order valence-electron chi connectivity index (χ4n) is 3.76. The Kier molecular flexibility index (Phi) is 5.53. The number of aryl methyl sites for hydroxylation is 2. The number of methoxy groups -OCH3 is 1. The predicted molar refractivity (Wildman–Crippen MR) is 122 cm³/mol. The van der Waals surface area contributed by atoms with E-state index in [0.29, 0.717) is 13.1 Å². The van der Waals surface area contributed by atoms with Crippen LogP contribution in [0.15, 0.2) is 60.8 Å². The number of carbonyl (C=O) groups excluding carboxylic acids is 1. The molecular formula is C25H25N3O2. The first-order chi connectivity index (χ1) is 14.6. The Balaban J connectivity index is 1.54. The molecule has 4 aromatic rings. The number of rotatable bonds is 6. The molecule has 0 unspecified atom stereocenters. The number of aromatic nitrogens is 2. The van der Waals surface area contributed by atoms with E-state index < -0.39 is 0 Å². The SMILES string of the molecule is COc1ccc2c3ccnc(C)c3n(CCNC(=O)/C=C/c3ccc(C)cc3)c2c1. The van der Waals surface area contributed by atoms with E-state index in [-0.39, 0.29) is 5.91 Å². The van der Waals surface area contributed by atoms with Gasteiger partial charge >= 0.3 is 0 Å². The van der Waals surface area contributed by atoms with Crippen molar-refractivity contribution >= 4 is 33.8 Å². The van der Waals surface area contributed by atoms with Gasteiger partial charge in [-0.15, -0.1) is 0 Å². The molecule has 0 fully saturated rings. The maximum absolute atomic E-state index is 12.3. The lowest BCUT2D eigenvalue weighted by Crippen LogP contribution is -2.25. The molecule has 0 saturated heterocycles. The summed E-state index contributed by atoms with van der Waals surface area (Å²) in [6.45, 7) is 5.21. The molecule has 2 aromatic carbocycles. The summed E-state index contributed by atoms with van der Waals surface area (Å²) in [5.41, 5.74) is 5.33. The molecule has 2 aromatic heterocycles. The van der Waals surface area contributed by atoms with Crippen LogP contribution in [0, 0.1) is 13.8 Å². The largest absolute Gasteiger partial charge is 0.497 e. The predicted octanol–water partition coefficient (Wildman–Crippen LogP) is 4.64. The number of carbonyl (C=O) groups is 1. The van der Waals surface area contributed by atoms with Crippen molar-refractivity contribution in [3.05, 3.63) is 77.6 Å². The third-order valence-corrected chi connectivity index (χ3v) is 5.30. The minimum Gasteiger partial charge on any atom is -0.497 e. The van der Waals surface area contributed by atoms with Gasteiger partial charge in [0.2, 0.25) is 5.91 Å². The Hall–Kier alpha value is -3.60. The number of nitrogens with one attached hydrogen (secondary N) is 1. The van der Waals surface area contributed by atoms with Gasteiger partial charge in [-0.05, 0) is 43.7 Å². The lowest BCUT2D eigenvalue weighted by molar-refractivity contribution is -0.116.